The van der Waals surface area contributed by atoms with E-state index in [1.165, 1.54) is 0 Å². The van der Waals surface area contributed by atoms with E-state index in [-0.39, 0.29) is 12.8 Å². The molecule has 0 bridgehead atoms. The summed E-state index contributed by atoms with van der Waals surface area (Å²) in [4.78, 5) is 35.3. The molecule has 2 atom stereocenters. The molecule has 3 amide bonds. The Bertz CT molecular complexity index is 551. The summed E-state index contributed by atoms with van der Waals surface area (Å²) in [5.41, 5.74) is 3.61. The van der Waals surface area contributed by atoms with Crippen LogP contribution in [0.5, 0.6) is 0 Å². The number of rotatable bonds is 4. The van der Waals surface area contributed by atoms with Gasteiger partial charge < -0.3 is 21.1 Å². The molecule has 1 heterocycles. The van der Waals surface area contributed by atoms with Crippen molar-refractivity contribution >= 4 is 17.9 Å². The van der Waals surface area contributed by atoms with Crippen molar-refractivity contribution in [2.24, 2.45) is 11.7 Å². The standard InChI is InChI=1S/C15H23F2N3O4/c1-13(2,3)24-12(23)19-9(10(18)21)4-8-5-14(20-11(8)22)6-15(16,17)7-14/h8-9H,4-7H2,1-3H3,(H2,18,21)(H,19,23)(H,20,22)/t8-,9-/m0/s1. The Morgan fingerprint density at radius 3 is 2.46 bits per heavy atom. The van der Waals surface area contributed by atoms with E-state index in [0.717, 1.165) is 0 Å². The van der Waals surface area contributed by atoms with Crippen molar-refractivity contribution in [2.75, 3.05) is 0 Å². The lowest BCUT2D eigenvalue weighted by Crippen LogP contribution is -2.58. The summed E-state index contributed by atoms with van der Waals surface area (Å²) in [5.74, 6) is -4.63. The van der Waals surface area contributed by atoms with E-state index in [1.807, 2.05) is 0 Å². The zero-order valence-corrected chi connectivity index (χ0v) is 13.9. The number of hydrogen-bond donors (Lipinski definition) is 3. The molecule has 1 aliphatic heterocycles. The molecule has 7 nitrogen and oxygen atoms in total. The van der Waals surface area contributed by atoms with Gasteiger partial charge in [0.05, 0.1) is 5.54 Å². The van der Waals surface area contributed by atoms with E-state index in [1.54, 1.807) is 20.8 Å². The number of ether oxygens (including phenoxy) is 1. The number of carbonyl (C=O) groups is 3. The summed E-state index contributed by atoms with van der Waals surface area (Å²) in [6, 6.07) is -1.11. The second kappa shape index (κ2) is 5.86. The van der Waals surface area contributed by atoms with E-state index >= 15 is 0 Å². The smallest absolute Gasteiger partial charge is 0.408 e. The van der Waals surface area contributed by atoms with Gasteiger partial charge >= 0.3 is 6.09 Å². The van der Waals surface area contributed by atoms with E-state index < -0.39 is 59.8 Å². The van der Waals surface area contributed by atoms with Gasteiger partial charge in [-0.3, -0.25) is 9.59 Å². The summed E-state index contributed by atoms with van der Waals surface area (Å²) in [6.07, 6.45) is -1.48. The quantitative estimate of drug-likeness (QED) is 0.706. The van der Waals surface area contributed by atoms with Gasteiger partial charge in [-0.15, -0.1) is 0 Å². The molecule has 0 radical (unpaired) electrons. The molecular weight excluding hydrogens is 324 g/mol. The molecule has 1 spiro atoms. The van der Waals surface area contributed by atoms with Gasteiger partial charge in [0, 0.05) is 18.8 Å². The van der Waals surface area contributed by atoms with E-state index in [4.69, 9.17) is 10.5 Å². The van der Waals surface area contributed by atoms with Gasteiger partial charge in [0.15, 0.2) is 0 Å². The third kappa shape index (κ3) is 4.33. The van der Waals surface area contributed by atoms with Gasteiger partial charge in [0.1, 0.15) is 11.6 Å². The summed E-state index contributed by atoms with van der Waals surface area (Å²) >= 11 is 0. The first-order valence-electron chi connectivity index (χ1n) is 7.80. The van der Waals surface area contributed by atoms with Gasteiger partial charge in [-0.25, -0.2) is 13.6 Å². The SMILES string of the molecule is CC(C)(C)OC(=O)N[C@@H](C[C@H]1CC2(CC(F)(F)C2)NC1=O)C(N)=O. The normalized spacial score (nSPS) is 25.5. The molecule has 2 rings (SSSR count). The lowest BCUT2D eigenvalue weighted by atomic mass is 9.71. The van der Waals surface area contributed by atoms with Crippen molar-refractivity contribution < 1.29 is 27.9 Å². The maximum absolute atomic E-state index is 13.1. The van der Waals surface area contributed by atoms with Crippen molar-refractivity contribution in [1.82, 2.24) is 10.6 Å². The average molecular weight is 347 g/mol. The minimum atomic E-state index is -2.76. The van der Waals surface area contributed by atoms with Crippen LogP contribution in [-0.4, -0.2) is 41.0 Å². The Morgan fingerprint density at radius 1 is 1.42 bits per heavy atom. The molecule has 0 aromatic carbocycles. The highest BCUT2D eigenvalue weighted by Crippen LogP contribution is 2.51. The molecular formula is C15H23F2N3O4. The second-order valence-corrected chi connectivity index (χ2v) is 7.72. The van der Waals surface area contributed by atoms with E-state index in [2.05, 4.69) is 10.6 Å². The van der Waals surface area contributed by atoms with E-state index in [0.29, 0.717) is 0 Å². The Morgan fingerprint density at radius 2 is 2.00 bits per heavy atom. The molecule has 1 aliphatic carbocycles. The molecule has 4 N–H and O–H groups in total. The second-order valence-electron chi connectivity index (χ2n) is 7.72. The third-order valence-corrected chi connectivity index (χ3v) is 4.14. The first-order chi connectivity index (χ1) is 10.8. The number of nitrogens with two attached hydrogens (primary N) is 1. The summed E-state index contributed by atoms with van der Waals surface area (Å²) in [5, 5.41) is 4.93. The maximum Gasteiger partial charge on any atom is 0.408 e. The predicted molar refractivity (Wildman–Crippen MR) is 80.1 cm³/mol. The number of alkyl halides is 2. The number of primary amides is 1. The Labute approximate surface area is 138 Å². The van der Waals surface area contributed by atoms with Crippen molar-refractivity contribution in [3.05, 3.63) is 0 Å². The molecule has 2 fully saturated rings. The third-order valence-electron chi connectivity index (χ3n) is 4.14. The Balaban J connectivity index is 1.95. The van der Waals surface area contributed by atoms with Crippen LogP contribution in [0, 0.1) is 5.92 Å². The Hall–Kier alpha value is -1.93. The average Bonchev–Trinajstić information content (AvgIpc) is 2.60. The summed E-state index contributed by atoms with van der Waals surface area (Å²) in [6.45, 7) is 4.99. The highest BCUT2D eigenvalue weighted by atomic mass is 19.3. The minimum Gasteiger partial charge on any atom is -0.444 e. The van der Waals surface area contributed by atoms with Gasteiger partial charge in [0.25, 0.3) is 5.92 Å². The van der Waals surface area contributed by atoms with Gasteiger partial charge in [-0.1, -0.05) is 0 Å². The molecule has 0 aromatic heterocycles. The molecule has 9 heteroatoms. The van der Waals surface area contributed by atoms with Crippen LogP contribution < -0.4 is 16.4 Å². The minimum absolute atomic E-state index is 0.0479. The zero-order chi connectivity index (χ0) is 18.3. The lowest BCUT2D eigenvalue weighted by molar-refractivity contribution is -0.136. The fourth-order valence-electron chi connectivity index (χ4n) is 3.32. The highest BCUT2D eigenvalue weighted by molar-refractivity contribution is 5.87. The first kappa shape index (κ1) is 18.4. The van der Waals surface area contributed by atoms with Crippen molar-refractivity contribution in [3.8, 4) is 0 Å². The van der Waals surface area contributed by atoms with Gasteiger partial charge in [-0.2, -0.15) is 0 Å². The number of hydrogen-bond acceptors (Lipinski definition) is 4. The van der Waals surface area contributed by atoms with Crippen molar-refractivity contribution in [3.63, 3.8) is 0 Å². The number of alkyl carbamates (subject to hydrolysis) is 1. The van der Waals surface area contributed by atoms with Crippen LogP contribution in [0.3, 0.4) is 0 Å². The number of amides is 3. The fourth-order valence-corrected chi connectivity index (χ4v) is 3.32. The first-order valence-corrected chi connectivity index (χ1v) is 7.80. The predicted octanol–water partition coefficient (Wildman–Crippen LogP) is 1.06. The van der Waals surface area contributed by atoms with Gasteiger partial charge in [-0.05, 0) is 33.6 Å². The lowest BCUT2D eigenvalue weighted by Gasteiger charge is -2.44. The molecule has 136 valence electrons. The largest absolute Gasteiger partial charge is 0.444 e. The van der Waals surface area contributed by atoms with Crippen LogP contribution in [0.2, 0.25) is 0 Å². The molecule has 1 saturated heterocycles. The topological polar surface area (TPSA) is 111 Å². The van der Waals surface area contributed by atoms with Gasteiger partial charge in [0.2, 0.25) is 11.8 Å². The zero-order valence-electron chi connectivity index (χ0n) is 13.9. The maximum atomic E-state index is 13.1. The van der Waals surface area contributed by atoms with Crippen LogP contribution in [0.15, 0.2) is 0 Å². The molecule has 1 saturated carbocycles. The monoisotopic (exact) mass is 347 g/mol. The van der Waals surface area contributed by atoms with Crippen LogP contribution in [0.1, 0.15) is 46.5 Å². The number of halogens is 2. The number of carbonyl (C=O) groups excluding carboxylic acids is 3. The molecule has 0 aromatic rings. The summed E-state index contributed by atoms with van der Waals surface area (Å²) < 4.78 is 31.3. The van der Waals surface area contributed by atoms with Crippen LogP contribution in [0.4, 0.5) is 13.6 Å². The fraction of sp³-hybridized carbons (Fsp3) is 0.800. The molecule has 2 aliphatic rings. The van der Waals surface area contributed by atoms with Crippen LogP contribution in [0.25, 0.3) is 0 Å². The molecule has 24 heavy (non-hydrogen) atoms. The Kier molecular flexibility index (Phi) is 4.49. The summed E-state index contributed by atoms with van der Waals surface area (Å²) in [7, 11) is 0. The van der Waals surface area contributed by atoms with Crippen molar-refractivity contribution in [1.29, 1.82) is 0 Å². The number of nitrogens with one attached hydrogen (secondary N) is 2. The van der Waals surface area contributed by atoms with Crippen molar-refractivity contribution in [2.45, 2.75) is 69.6 Å². The van der Waals surface area contributed by atoms with Crippen LogP contribution >= 0.6 is 0 Å². The molecule has 0 unspecified atom stereocenters. The van der Waals surface area contributed by atoms with E-state index in [9.17, 15) is 23.2 Å². The highest BCUT2D eigenvalue weighted by Gasteiger charge is 2.61. The van der Waals surface area contributed by atoms with Crippen LogP contribution in [-0.2, 0) is 14.3 Å².